The summed E-state index contributed by atoms with van der Waals surface area (Å²) in [6, 6.07) is 5.99. The van der Waals surface area contributed by atoms with Crippen LogP contribution in [-0.4, -0.2) is 29.3 Å². The van der Waals surface area contributed by atoms with Gasteiger partial charge in [-0.15, -0.1) is 0 Å². The summed E-state index contributed by atoms with van der Waals surface area (Å²) in [6.45, 7) is 12.5. The Bertz CT molecular complexity index is 455. The van der Waals surface area contributed by atoms with E-state index in [4.69, 9.17) is 4.74 Å². The third-order valence-electron chi connectivity index (χ3n) is 3.28. The van der Waals surface area contributed by atoms with E-state index in [1.807, 2.05) is 39.0 Å². The van der Waals surface area contributed by atoms with Crippen molar-refractivity contribution in [3.63, 3.8) is 0 Å². The summed E-state index contributed by atoms with van der Waals surface area (Å²) in [5, 5.41) is 6.35. The molecular weight excluding hydrogens is 278 g/mol. The summed E-state index contributed by atoms with van der Waals surface area (Å²) in [7, 11) is 0. The molecule has 2 unspecified atom stereocenters. The van der Waals surface area contributed by atoms with Gasteiger partial charge in [-0.05, 0) is 45.7 Å². The number of rotatable bonds is 6. The van der Waals surface area contributed by atoms with Crippen LogP contribution in [0.4, 0.5) is 4.79 Å². The Labute approximate surface area is 133 Å². The van der Waals surface area contributed by atoms with E-state index in [1.54, 1.807) is 6.20 Å². The van der Waals surface area contributed by atoms with Gasteiger partial charge in [-0.25, -0.2) is 4.79 Å². The van der Waals surface area contributed by atoms with Gasteiger partial charge in [-0.3, -0.25) is 4.98 Å². The number of alkyl carbamates (subject to hydrolysis) is 1. The monoisotopic (exact) mass is 307 g/mol. The highest BCUT2D eigenvalue weighted by molar-refractivity contribution is 5.68. The van der Waals surface area contributed by atoms with E-state index >= 15 is 0 Å². The first-order chi connectivity index (χ1) is 10.2. The Morgan fingerprint density at radius 3 is 2.45 bits per heavy atom. The molecule has 0 aliphatic heterocycles. The lowest BCUT2D eigenvalue weighted by Gasteiger charge is -2.27. The quantitative estimate of drug-likeness (QED) is 0.846. The average Bonchev–Trinajstić information content (AvgIpc) is 2.41. The Balaban J connectivity index is 2.53. The third kappa shape index (κ3) is 6.89. The number of carbonyl (C=O) groups excluding carboxylic acids is 1. The molecular formula is C17H29N3O2. The van der Waals surface area contributed by atoms with Crippen LogP contribution in [0, 0.1) is 5.92 Å². The first-order valence-electron chi connectivity index (χ1n) is 7.83. The molecule has 0 saturated heterocycles. The van der Waals surface area contributed by atoms with Gasteiger partial charge in [0.1, 0.15) is 5.60 Å². The van der Waals surface area contributed by atoms with E-state index in [0.717, 1.165) is 5.69 Å². The van der Waals surface area contributed by atoms with Gasteiger partial charge in [0.25, 0.3) is 0 Å². The van der Waals surface area contributed by atoms with Crippen LogP contribution in [0.15, 0.2) is 24.4 Å². The second-order valence-electron chi connectivity index (χ2n) is 6.88. The lowest BCUT2D eigenvalue weighted by Crippen LogP contribution is -2.47. The number of hydrogen-bond acceptors (Lipinski definition) is 4. The number of aromatic nitrogens is 1. The first-order valence-corrected chi connectivity index (χ1v) is 7.83. The largest absolute Gasteiger partial charge is 0.444 e. The minimum absolute atomic E-state index is 0.000937. The smallest absolute Gasteiger partial charge is 0.407 e. The highest BCUT2D eigenvalue weighted by atomic mass is 16.6. The average molecular weight is 307 g/mol. The highest BCUT2D eigenvalue weighted by Gasteiger charge is 2.22. The van der Waals surface area contributed by atoms with Crippen molar-refractivity contribution >= 4 is 6.09 Å². The van der Waals surface area contributed by atoms with Crippen LogP contribution in [0.5, 0.6) is 0 Å². The molecule has 2 N–H and O–H groups in total. The fraction of sp³-hybridized carbons (Fsp3) is 0.647. The summed E-state index contributed by atoms with van der Waals surface area (Å²) >= 11 is 0. The van der Waals surface area contributed by atoms with E-state index < -0.39 is 5.60 Å². The number of hydrogen-bond donors (Lipinski definition) is 2. The van der Waals surface area contributed by atoms with Crippen LogP contribution in [0.25, 0.3) is 0 Å². The van der Waals surface area contributed by atoms with Crippen LogP contribution in [0.2, 0.25) is 0 Å². The second kappa shape index (κ2) is 8.13. The SMILES string of the molecule is CC(NCC(NC(=O)OC(C)(C)C)C(C)C)c1ccccn1. The van der Waals surface area contributed by atoms with Gasteiger partial charge in [0, 0.05) is 24.8 Å². The van der Waals surface area contributed by atoms with Crippen LogP contribution in [0.3, 0.4) is 0 Å². The maximum atomic E-state index is 11.9. The van der Waals surface area contributed by atoms with E-state index in [2.05, 4.69) is 36.4 Å². The zero-order valence-electron chi connectivity index (χ0n) is 14.5. The molecule has 5 heteroatoms. The molecule has 0 spiro atoms. The van der Waals surface area contributed by atoms with Crippen molar-refractivity contribution < 1.29 is 9.53 Å². The van der Waals surface area contributed by atoms with Crippen molar-refractivity contribution in [2.24, 2.45) is 5.92 Å². The third-order valence-corrected chi connectivity index (χ3v) is 3.28. The van der Waals surface area contributed by atoms with Gasteiger partial charge in [0.2, 0.25) is 0 Å². The van der Waals surface area contributed by atoms with Gasteiger partial charge in [0.15, 0.2) is 0 Å². The lowest BCUT2D eigenvalue weighted by molar-refractivity contribution is 0.0489. The van der Waals surface area contributed by atoms with Crippen LogP contribution in [-0.2, 0) is 4.74 Å². The molecule has 124 valence electrons. The van der Waals surface area contributed by atoms with E-state index in [-0.39, 0.29) is 18.2 Å². The molecule has 0 saturated carbocycles. The number of nitrogens with zero attached hydrogens (tertiary/aromatic N) is 1. The molecule has 22 heavy (non-hydrogen) atoms. The van der Waals surface area contributed by atoms with Crippen molar-refractivity contribution in [1.82, 2.24) is 15.6 Å². The van der Waals surface area contributed by atoms with E-state index in [1.165, 1.54) is 0 Å². The highest BCUT2D eigenvalue weighted by Crippen LogP contribution is 2.11. The molecule has 1 rings (SSSR count). The van der Waals surface area contributed by atoms with Crippen molar-refractivity contribution in [3.8, 4) is 0 Å². The van der Waals surface area contributed by atoms with Crippen molar-refractivity contribution in [3.05, 3.63) is 30.1 Å². The molecule has 0 aromatic carbocycles. The summed E-state index contributed by atoms with van der Waals surface area (Å²) in [5.74, 6) is 0.302. The molecule has 1 aromatic heterocycles. The maximum Gasteiger partial charge on any atom is 0.407 e. The summed E-state index contributed by atoms with van der Waals surface area (Å²) < 4.78 is 5.32. The van der Waals surface area contributed by atoms with Gasteiger partial charge < -0.3 is 15.4 Å². The van der Waals surface area contributed by atoms with Crippen LogP contribution < -0.4 is 10.6 Å². The fourth-order valence-electron chi connectivity index (χ4n) is 1.95. The first kappa shape index (κ1) is 18.4. The van der Waals surface area contributed by atoms with Crippen LogP contribution in [0.1, 0.15) is 53.3 Å². The Morgan fingerprint density at radius 2 is 1.95 bits per heavy atom. The molecule has 0 aliphatic rings. The van der Waals surface area contributed by atoms with Crippen molar-refractivity contribution in [2.45, 2.75) is 59.2 Å². The normalized spacial score (nSPS) is 14.5. The minimum Gasteiger partial charge on any atom is -0.444 e. The molecule has 0 aliphatic carbocycles. The summed E-state index contributed by atoms with van der Waals surface area (Å²) in [6.07, 6.45) is 1.41. The minimum atomic E-state index is -0.486. The molecule has 5 nitrogen and oxygen atoms in total. The molecule has 0 radical (unpaired) electrons. The predicted molar refractivity (Wildman–Crippen MR) is 88.7 cm³/mol. The Hall–Kier alpha value is -1.62. The second-order valence-corrected chi connectivity index (χ2v) is 6.88. The number of nitrogens with one attached hydrogen (secondary N) is 2. The molecule has 1 aromatic rings. The van der Waals surface area contributed by atoms with Gasteiger partial charge in [0.05, 0.1) is 5.69 Å². The standard InChI is InChI=1S/C17H29N3O2/c1-12(2)15(20-16(21)22-17(4,5)6)11-19-13(3)14-9-7-8-10-18-14/h7-10,12-13,15,19H,11H2,1-6H3,(H,20,21). The summed E-state index contributed by atoms with van der Waals surface area (Å²) in [4.78, 5) is 16.3. The molecule has 0 bridgehead atoms. The molecule has 1 amide bonds. The number of pyridine rings is 1. The molecule has 1 heterocycles. The van der Waals surface area contributed by atoms with Gasteiger partial charge in [-0.1, -0.05) is 19.9 Å². The van der Waals surface area contributed by atoms with Crippen molar-refractivity contribution in [1.29, 1.82) is 0 Å². The molecule has 2 atom stereocenters. The summed E-state index contributed by atoms with van der Waals surface area (Å²) in [5.41, 5.74) is 0.502. The molecule has 0 fully saturated rings. The lowest BCUT2D eigenvalue weighted by atomic mass is 10.0. The zero-order valence-corrected chi connectivity index (χ0v) is 14.5. The van der Waals surface area contributed by atoms with Crippen molar-refractivity contribution in [2.75, 3.05) is 6.54 Å². The maximum absolute atomic E-state index is 11.9. The van der Waals surface area contributed by atoms with Crippen LogP contribution >= 0.6 is 0 Å². The number of ether oxygens (including phenoxy) is 1. The van der Waals surface area contributed by atoms with Gasteiger partial charge >= 0.3 is 6.09 Å². The fourth-order valence-corrected chi connectivity index (χ4v) is 1.95. The number of carbonyl (C=O) groups is 1. The number of amides is 1. The van der Waals surface area contributed by atoms with E-state index in [9.17, 15) is 4.79 Å². The Morgan fingerprint density at radius 1 is 1.27 bits per heavy atom. The zero-order chi connectivity index (χ0) is 16.8. The van der Waals surface area contributed by atoms with Gasteiger partial charge in [-0.2, -0.15) is 0 Å². The predicted octanol–water partition coefficient (Wildman–Crippen LogP) is 3.28. The Kier molecular flexibility index (Phi) is 6.81. The topological polar surface area (TPSA) is 63.2 Å². The van der Waals surface area contributed by atoms with E-state index in [0.29, 0.717) is 12.5 Å².